The van der Waals surface area contributed by atoms with Crippen molar-refractivity contribution in [1.82, 2.24) is 5.32 Å². The maximum absolute atomic E-state index is 9.53. The molecule has 0 amide bonds. The summed E-state index contributed by atoms with van der Waals surface area (Å²) < 4.78 is 5.39. The smallest absolute Gasteiger partial charge is 0.134 e. The molecule has 0 spiro atoms. The van der Waals surface area contributed by atoms with E-state index in [4.69, 9.17) is 4.42 Å². The van der Waals surface area contributed by atoms with E-state index in [1.165, 1.54) is 0 Å². The number of likely N-dealkylation sites (N-methyl/N-ethyl adjacent to an activating group) is 1. The third-order valence-corrected chi connectivity index (χ3v) is 3.23. The van der Waals surface area contributed by atoms with E-state index in [2.05, 4.69) is 25.2 Å². The van der Waals surface area contributed by atoms with Crippen LogP contribution in [0.1, 0.15) is 25.3 Å². The van der Waals surface area contributed by atoms with Gasteiger partial charge in [0.15, 0.2) is 0 Å². The summed E-state index contributed by atoms with van der Waals surface area (Å²) in [5, 5.41) is 14.0. The van der Waals surface area contributed by atoms with E-state index in [1.807, 2.05) is 18.2 Å². The topological polar surface area (TPSA) is 45.4 Å². The maximum atomic E-state index is 9.53. The number of benzene rings is 1. The normalized spacial score (nSPS) is 15.0. The van der Waals surface area contributed by atoms with Crippen LogP contribution in [0.4, 0.5) is 0 Å². The Labute approximate surface area is 101 Å². The van der Waals surface area contributed by atoms with Crippen LogP contribution in [0.5, 0.6) is 0 Å². The fraction of sp³-hybridized carbons (Fsp3) is 0.429. The number of nitrogens with one attached hydrogen (secondary N) is 1. The van der Waals surface area contributed by atoms with Gasteiger partial charge in [-0.25, -0.2) is 0 Å². The molecule has 17 heavy (non-hydrogen) atoms. The summed E-state index contributed by atoms with van der Waals surface area (Å²) in [5.41, 5.74) is 1.99. The lowest BCUT2D eigenvalue weighted by atomic mass is 9.92. The highest BCUT2D eigenvalue weighted by Gasteiger charge is 2.18. The lowest BCUT2D eigenvalue weighted by molar-refractivity contribution is 0.241. The van der Waals surface area contributed by atoms with Crippen LogP contribution in [0.3, 0.4) is 0 Å². The van der Waals surface area contributed by atoms with Crippen LogP contribution in [0.25, 0.3) is 11.0 Å². The van der Waals surface area contributed by atoms with Crippen LogP contribution < -0.4 is 5.32 Å². The number of hydrogen-bond acceptors (Lipinski definition) is 3. The van der Waals surface area contributed by atoms with Crippen molar-refractivity contribution in [3.8, 4) is 0 Å². The predicted octanol–water partition coefficient (Wildman–Crippen LogP) is 2.51. The van der Waals surface area contributed by atoms with Gasteiger partial charge in [-0.05, 0) is 31.2 Å². The molecule has 2 N–H and O–H groups in total. The molecule has 3 heteroatoms. The molecule has 92 valence electrons. The molecule has 0 fully saturated rings. The molecule has 1 aromatic carbocycles. The van der Waals surface area contributed by atoms with Crippen molar-refractivity contribution in [3.63, 3.8) is 0 Å². The van der Waals surface area contributed by atoms with Gasteiger partial charge < -0.3 is 14.8 Å². The van der Waals surface area contributed by atoms with E-state index >= 15 is 0 Å². The zero-order chi connectivity index (χ0) is 12.3. The van der Waals surface area contributed by atoms with Crippen LogP contribution in [0.15, 0.2) is 34.9 Å². The van der Waals surface area contributed by atoms with Gasteiger partial charge in [-0.3, -0.25) is 0 Å². The number of rotatable bonds is 5. The van der Waals surface area contributed by atoms with Crippen molar-refractivity contribution in [3.05, 3.63) is 36.1 Å². The summed E-state index contributed by atoms with van der Waals surface area (Å²) in [6.07, 6.45) is 1.69. The number of hydrogen-bond donors (Lipinski definition) is 2. The highest BCUT2D eigenvalue weighted by Crippen LogP contribution is 2.24. The fourth-order valence-electron chi connectivity index (χ4n) is 2.22. The third kappa shape index (κ3) is 2.51. The van der Waals surface area contributed by atoms with E-state index in [0.29, 0.717) is 0 Å². The lowest BCUT2D eigenvalue weighted by Crippen LogP contribution is -2.33. The molecular formula is C14H19NO2. The van der Waals surface area contributed by atoms with Gasteiger partial charge in [0.1, 0.15) is 5.58 Å². The lowest BCUT2D eigenvalue weighted by Gasteiger charge is -2.23. The molecule has 0 radical (unpaired) electrons. The Balaban J connectivity index is 2.28. The minimum absolute atomic E-state index is 0.101. The second-order valence-electron chi connectivity index (χ2n) is 4.35. The average Bonchev–Trinajstić information content (AvgIpc) is 2.77. The Morgan fingerprint density at radius 1 is 1.35 bits per heavy atom. The predicted molar refractivity (Wildman–Crippen MR) is 69.2 cm³/mol. The Morgan fingerprint density at radius 3 is 2.88 bits per heavy atom. The van der Waals surface area contributed by atoms with Crippen molar-refractivity contribution in [1.29, 1.82) is 0 Å². The van der Waals surface area contributed by atoms with Crippen molar-refractivity contribution < 1.29 is 9.52 Å². The van der Waals surface area contributed by atoms with Crippen LogP contribution in [-0.4, -0.2) is 24.3 Å². The van der Waals surface area contributed by atoms with Crippen molar-refractivity contribution in [2.75, 3.05) is 13.2 Å². The molecule has 0 aliphatic carbocycles. The fourth-order valence-corrected chi connectivity index (χ4v) is 2.22. The van der Waals surface area contributed by atoms with Crippen LogP contribution in [0, 0.1) is 0 Å². The number of aliphatic hydroxyl groups is 1. The summed E-state index contributed by atoms with van der Waals surface area (Å²) in [7, 11) is 0. The van der Waals surface area contributed by atoms with Gasteiger partial charge in [-0.1, -0.05) is 19.1 Å². The van der Waals surface area contributed by atoms with Crippen LogP contribution in [0.2, 0.25) is 0 Å². The van der Waals surface area contributed by atoms with Crippen molar-refractivity contribution in [2.24, 2.45) is 0 Å². The first-order chi connectivity index (χ1) is 8.26. The van der Waals surface area contributed by atoms with Crippen LogP contribution in [-0.2, 0) is 0 Å². The molecule has 2 unspecified atom stereocenters. The molecule has 1 heterocycles. The molecule has 0 saturated carbocycles. The molecule has 0 bridgehead atoms. The highest BCUT2D eigenvalue weighted by atomic mass is 16.3. The van der Waals surface area contributed by atoms with Gasteiger partial charge in [0.05, 0.1) is 12.9 Å². The summed E-state index contributed by atoms with van der Waals surface area (Å²) in [6, 6.07) is 8.31. The monoisotopic (exact) mass is 233 g/mol. The number of furan rings is 1. The highest BCUT2D eigenvalue weighted by molar-refractivity contribution is 5.77. The molecule has 2 atom stereocenters. The Kier molecular flexibility index (Phi) is 3.82. The molecule has 0 aliphatic rings. The zero-order valence-corrected chi connectivity index (χ0v) is 10.3. The summed E-state index contributed by atoms with van der Waals surface area (Å²) >= 11 is 0. The molecular weight excluding hydrogens is 214 g/mol. The number of fused-ring (bicyclic) bond motifs is 1. The minimum atomic E-state index is 0.101. The summed E-state index contributed by atoms with van der Waals surface area (Å²) in [5.74, 6) is 0.101. The molecule has 3 nitrogen and oxygen atoms in total. The first-order valence-corrected chi connectivity index (χ1v) is 6.07. The first-order valence-electron chi connectivity index (χ1n) is 6.07. The Hall–Kier alpha value is -1.32. The van der Waals surface area contributed by atoms with E-state index in [1.54, 1.807) is 6.26 Å². The van der Waals surface area contributed by atoms with Crippen molar-refractivity contribution in [2.45, 2.75) is 25.8 Å². The minimum Gasteiger partial charge on any atom is -0.464 e. The van der Waals surface area contributed by atoms with Gasteiger partial charge in [0.2, 0.25) is 0 Å². The standard InChI is InChI=1S/C14H19NO2/c1-3-15-10(2)13(9-16)12-5-4-11-6-7-17-14(11)8-12/h4-8,10,13,15-16H,3,9H2,1-2H3. The van der Waals surface area contributed by atoms with Gasteiger partial charge in [0, 0.05) is 17.3 Å². The maximum Gasteiger partial charge on any atom is 0.134 e. The van der Waals surface area contributed by atoms with E-state index in [9.17, 15) is 5.11 Å². The van der Waals surface area contributed by atoms with Gasteiger partial charge >= 0.3 is 0 Å². The van der Waals surface area contributed by atoms with Gasteiger partial charge in [0.25, 0.3) is 0 Å². The van der Waals surface area contributed by atoms with Gasteiger partial charge in [-0.2, -0.15) is 0 Å². The van der Waals surface area contributed by atoms with Crippen molar-refractivity contribution >= 4 is 11.0 Å². The van der Waals surface area contributed by atoms with E-state index in [0.717, 1.165) is 23.1 Å². The molecule has 1 aromatic heterocycles. The quantitative estimate of drug-likeness (QED) is 0.834. The third-order valence-electron chi connectivity index (χ3n) is 3.23. The second kappa shape index (κ2) is 5.34. The Morgan fingerprint density at radius 2 is 2.18 bits per heavy atom. The van der Waals surface area contributed by atoms with E-state index < -0.39 is 0 Å². The van der Waals surface area contributed by atoms with Gasteiger partial charge in [-0.15, -0.1) is 0 Å². The second-order valence-corrected chi connectivity index (χ2v) is 4.35. The summed E-state index contributed by atoms with van der Waals surface area (Å²) in [6.45, 7) is 5.21. The summed E-state index contributed by atoms with van der Waals surface area (Å²) in [4.78, 5) is 0. The SMILES string of the molecule is CCNC(C)C(CO)c1ccc2ccoc2c1. The molecule has 0 aliphatic heterocycles. The number of aliphatic hydroxyl groups excluding tert-OH is 1. The largest absolute Gasteiger partial charge is 0.464 e. The van der Waals surface area contributed by atoms with Crippen LogP contribution >= 0.6 is 0 Å². The molecule has 2 rings (SSSR count). The molecule has 0 saturated heterocycles. The zero-order valence-electron chi connectivity index (χ0n) is 10.3. The first kappa shape index (κ1) is 12.1. The average molecular weight is 233 g/mol. The molecule has 2 aromatic rings. The Bertz CT molecular complexity index is 478. The van der Waals surface area contributed by atoms with E-state index in [-0.39, 0.29) is 18.6 Å².